The molecule has 0 aliphatic carbocycles. The SMILES string of the molecule is CC(=O)OCc1nc(Cc2cc(C)ccc2C)n(-c2ccc(S(N)(=O)=O)cc2F)n1. The van der Waals surface area contributed by atoms with Crippen LogP contribution in [0.3, 0.4) is 0 Å². The molecule has 30 heavy (non-hydrogen) atoms. The molecule has 2 N–H and O–H groups in total. The van der Waals surface area contributed by atoms with Crippen LogP contribution in [0.2, 0.25) is 0 Å². The second kappa shape index (κ2) is 8.33. The van der Waals surface area contributed by atoms with E-state index in [9.17, 15) is 17.6 Å². The molecular formula is C20H21FN4O4S. The Balaban J connectivity index is 2.08. The van der Waals surface area contributed by atoms with Crippen molar-refractivity contribution < 1.29 is 22.3 Å². The third-order valence-electron chi connectivity index (χ3n) is 4.45. The van der Waals surface area contributed by atoms with E-state index in [0.717, 1.165) is 22.8 Å². The molecule has 158 valence electrons. The van der Waals surface area contributed by atoms with Crippen LogP contribution in [0, 0.1) is 19.7 Å². The second-order valence-electron chi connectivity index (χ2n) is 6.90. The number of hydrogen-bond acceptors (Lipinski definition) is 6. The highest BCUT2D eigenvalue weighted by Crippen LogP contribution is 2.21. The first-order chi connectivity index (χ1) is 14.0. The summed E-state index contributed by atoms with van der Waals surface area (Å²) in [5, 5.41) is 9.33. The van der Waals surface area contributed by atoms with Crippen LogP contribution in [0.5, 0.6) is 0 Å². The predicted molar refractivity (Wildman–Crippen MR) is 107 cm³/mol. The average Bonchev–Trinajstić information content (AvgIpc) is 3.04. The second-order valence-corrected chi connectivity index (χ2v) is 8.46. The number of nitrogens with two attached hydrogens (primary N) is 1. The number of sulfonamides is 1. The average molecular weight is 432 g/mol. The molecule has 1 heterocycles. The summed E-state index contributed by atoms with van der Waals surface area (Å²) in [5.74, 6) is -0.715. The van der Waals surface area contributed by atoms with Crippen LogP contribution in [0.15, 0.2) is 41.3 Å². The lowest BCUT2D eigenvalue weighted by molar-refractivity contribution is -0.142. The molecule has 0 bridgehead atoms. The van der Waals surface area contributed by atoms with Crippen molar-refractivity contribution in [2.75, 3.05) is 0 Å². The van der Waals surface area contributed by atoms with Gasteiger partial charge in [0.2, 0.25) is 10.0 Å². The number of carbonyl (C=O) groups excluding carboxylic acids is 1. The highest BCUT2D eigenvalue weighted by molar-refractivity contribution is 7.89. The Hall–Kier alpha value is -3.11. The zero-order chi connectivity index (χ0) is 22.1. The van der Waals surface area contributed by atoms with Crippen LogP contribution < -0.4 is 5.14 Å². The Morgan fingerprint density at radius 1 is 1.20 bits per heavy atom. The number of esters is 1. The van der Waals surface area contributed by atoms with Gasteiger partial charge in [0, 0.05) is 13.3 Å². The van der Waals surface area contributed by atoms with E-state index in [1.54, 1.807) is 0 Å². The number of hydrogen-bond donors (Lipinski definition) is 1. The molecule has 0 spiro atoms. The Morgan fingerprint density at radius 2 is 1.93 bits per heavy atom. The number of carbonyl (C=O) groups is 1. The van der Waals surface area contributed by atoms with Crippen molar-refractivity contribution in [3.63, 3.8) is 0 Å². The summed E-state index contributed by atoms with van der Waals surface area (Å²) in [4.78, 5) is 15.2. The summed E-state index contributed by atoms with van der Waals surface area (Å²) in [6.07, 6.45) is 0.344. The number of ether oxygens (including phenoxy) is 1. The lowest BCUT2D eigenvalue weighted by Gasteiger charge is -2.10. The van der Waals surface area contributed by atoms with Gasteiger partial charge in [0.15, 0.2) is 12.4 Å². The van der Waals surface area contributed by atoms with E-state index >= 15 is 0 Å². The molecule has 0 aliphatic rings. The summed E-state index contributed by atoms with van der Waals surface area (Å²) in [7, 11) is -4.05. The van der Waals surface area contributed by atoms with Gasteiger partial charge in [-0.3, -0.25) is 4.79 Å². The first-order valence-corrected chi connectivity index (χ1v) is 10.6. The molecule has 2 aromatic carbocycles. The Morgan fingerprint density at radius 3 is 2.57 bits per heavy atom. The Kier molecular flexibility index (Phi) is 5.99. The quantitative estimate of drug-likeness (QED) is 0.598. The van der Waals surface area contributed by atoms with Crippen LogP contribution in [0.4, 0.5) is 4.39 Å². The Labute approximate surface area is 173 Å². The van der Waals surface area contributed by atoms with Gasteiger partial charge in [-0.15, -0.1) is 5.10 Å². The zero-order valence-electron chi connectivity index (χ0n) is 16.7. The molecule has 0 saturated carbocycles. The third kappa shape index (κ3) is 4.89. The molecule has 8 nitrogen and oxygen atoms in total. The van der Waals surface area contributed by atoms with Gasteiger partial charge in [0.25, 0.3) is 0 Å². The molecule has 10 heteroatoms. The van der Waals surface area contributed by atoms with Gasteiger partial charge in [0.05, 0.1) is 4.90 Å². The first kappa shape index (κ1) is 21.6. The number of halogens is 1. The van der Waals surface area contributed by atoms with E-state index < -0.39 is 21.8 Å². The molecule has 0 unspecified atom stereocenters. The summed E-state index contributed by atoms with van der Waals surface area (Å²) in [6.45, 7) is 5.01. The minimum Gasteiger partial charge on any atom is -0.458 e. The van der Waals surface area contributed by atoms with Crippen molar-refractivity contribution in [1.82, 2.24) is 14.8 Å². The number of benzene rings is 2. The predicted octanol–water partition coefficient (Wildman–Crippen LogP) is 2.32. The van der Waals surface area contributed by atoms with E-state index in [1.807, 2.05) is 32.0 Å². The highest BCUT2D eigenvalue weighted by atomic mass is 32.2. The van der Waals surface area contributed by atoms with Gasteiger partial charge in [-0.05, 0) is 43.2 Å². The monoisotopic (exact) mass is 432 g/mol. The van der Waals surface area contributed by atoms with Crippen LogP contribution in [0.1, 0.15) is 35.3 Å². The highest BCUT2D eigenvalue weighted by Gasteiger charge is 2.19. The van der Waals surface area contributed by atoms with Crippen molar-refractivity contribution >= 4 is 16.0 Å². The number of rotatable bonds is 6. The molecule has 0 fully saturated rings. The lowest BCUT2D eigenvalue weighted by Crippen LogP contribution is -2.13. The summed E-state index contributed by atoms with van der Waals surface area (Å²) in [6, 6.07) is 9.27. The van der Waals surface area contributed by atoms with E-state index in [1.165, 1.54) is 23.7 Å². The lowest BCUT2D eigenvalue weighted by atomic mass is 10.0. The summed E-state index contributed by atoms with van der Waals surface area (Å²) < 4.78 is 44.0. The third-order valence-corrected chi connectivity index (χ3v) is 5.36. The minimum atomic E-state index is -4.05. The standard InChI is InChI=1S/C20H21FN4O4S/c1-12-4-5-13(2)15(8-12)9-20-23-19(11-29-14(3)26)24-25(20)18-7-6-16(10-17(18)21)30(22,27)28/h4-8,10H,9,11H2,1-3H3,(H2,22,27,28). The van der Waals surface area contributed by atoms with Crippen molar-refractivity contribution in [3.8, 4) is 5.69 Å². The molecule has 0 radical (unpaired) electrons. The van der Waals surface area contributed by atoms with Gasteiger partial charge < -0.3 is 4.74 Å². The van der Waals surface area contributed by atoms with Crippen LogP contribution >= 0.6 is 0 Å². The van der Waals surface area contributed by atoms with E-state index in [0.29, 0.717) is 12.2 Å². The fourth-order valence-electron chi connectivity index (χ4n) is 2.92. The van der Waals surface area contributed by atoms with Gasteiger partial charge in [0.1, 0.15) is 17.3 Å². The largest absolute Gasteiger partial charge is 0.458 e. The molecule has 1 aromatic heterocycles. The topological polar surface area (TPSA) is 117 Å². The minimum absolute atomic E-state index is 0.00396. The molecule has 0 aliphatic heterocycles. The van der Waals surface area contributed by atoms with Crippen molar-refractivity contribution in [2.45, 2.75) is 38.7 Å². The van der Waals surface area contributed by atoms with Crippen LogP contribution in [-0.2, 0) is 32.6 Å². The maximum Gasteiger partial charge on any atom is 0.303 e. The van der Waals surface area contributed by atoms with E-state index in [-0.39, 0.29) is 23.0 Å². The van der Waals surface area contributed by atoms with Crippen molar-refractivity contribution in [2.24, 2.45) is 5.14 Å². The van der Waals surface area contributed by atoms with Crippen LogP contribution in [0.25, 0.3) is 5.69 Å². The maximum atomic E-state index is 14.8. The Bertz CT molecular complexity index is 1220. The van der Waals surface area contributed by atoms with Gasteiger partial charge in [-0.1, -0.05) is 23.8 Å². The summed E-state index contributed by atoms with van der Waals surface area (Å²) in [5.41, 5.74) is 3.07. The molecule has 0 atom stereocenters. The molecule has 0 saturated heterocycles. The van der Waals surface area contributed by atoms with E-state index in [2.05, 4.69) is 10.1 Å². The number of aromatic nitrogens is 3. The summed E-state index contributed by atoms with van der Waals surface area (Å²) >= 11 is 0. The smallest absolute Gasteiger partial charge is 0.303 e. The normalized spacial score (nSPS) is 11.5. The maximum absolute atomic E-state index is 14.8. The number of primary sulfonamides is 1. The molecule has 3 aromatic rings. The molecular weight excluding hydrogens is 411 g/mol. The molecule has 0 amide bonds. The first-order valence-electron chi connectivity index (χ1n) is 9.01. The number of aryl methyl sites for hydroxylation is 2. The fraction of sp³-hybridized carbons (Fsp3) is 0.250. The molecule has 3 rings (SSSR count). The van der Waals surface area contributed by atoms with Gasteiger partial charge >= 0.3 is 5.97 Å². The number of nitrogens with zero attached hydrogens (tertiary/aromatic N) is 3. The zero-order valence-corrected chi connectivity index (χ0v) is 17.5. The van der Waals surface area contributed by atoms with E-state index in [4.69, 9.17) is 9.88 Å². The fourth-order valence-corrected chi connectivity index (χ4v) is 3.45. The van der Waals surface area contributed by atoms with Gasteiger partial charge in [-0.2, -0.15) is 0 Å². The van der Waals surface area contributed by atoms with Crippen molar-refractivity contribution in [1.29, 1.82) is 0 Å². The van der Waals surface area contributed by atoms with Gasteiger partial charge in [-0.25, -0.2) is 27.6 Å². The van der Waals surface area contributed by atoms with Crippen LogP contribution in [-0.4, -0.2) is 29.2 Å². The van der Waals surface area contributed by atoms with Crippen molar-refractivity contribution in [3.05, 3.63) is 70.6 Å².